The van der Waals surface area contributed by atoms with Crippen LogP contribution in [-0.2, 0) is 24.8 Å². The van der Waals surface area contributed by atoms with Gasteiger partial charge in [0, 0.05) is 100 Å². The van der Waals surface area contributed by atoms with Gasteiger partial charge >= 0.3 is 0 Å². The first kappa shape index (κ1) is 57.0. The fourth-order valence-electron chi connectivity index (χ4n) is 9.72. The standard InChI is InChI=1S/C53H82N6O9S2/c1-56(2)45-29-21-27-43-41(45)25-23-31-49(43)69(65,66)54-34-16-10-7-13-18-36-58(51(62)33-15-9-5-6-12-20-38-59-39-48(61)53(64)52(63)47(59)40-60)37-19-14-8-11-17-35-55-70(67,68)50-32-24-26-42-44(50)28-22-30-46(42)57(3)4/h21-32,47-48,52-55,60-61,63-64H,5-20,33-40H2,1-4H3/t47-,48+,52+,53-/m1/s1. The van der Waals surface area contributed by atoms with Crippen LogP contribution in [0.5, 0.6) is 0 Å². The first-order chi connectivity index (χ1) is 33.6. The van der Waals surface area contributed by atoms with Crippen LogP contribution in [0.2, 0.25) is 0 Å². The van der Waals surface area contributed by atoms with Crippen molar-refractivity contribution in [2.24, 2.45) is 0 Å². The Balaban J connectivity index is 1.02. The lowest BCUT2D eigenvalue weighted by atomic mass is 9.94. The third-order valence-electron chi connectivity index (χ3n) is 13.7. The van der Waals surface area contributed by atoms with Crippen LogP contribution in [0.25, 0.3) is 21.5 Å². The number of rotatable bonds is 32. The maximum absolute atomic E-state index is 13.6. The number of fused-ring (bicyclic) bond motifs is 2. The number of piperidine rings is 1. The van der Waals surface area contributed by atoms with Crippen LogP contribution < -0.4 is 19.2 Å². The zero-order valence-electron chi connectivity index (χ0n) is 42.1. The number of carbonyl (C=O) groups excluding carboxylic acids is 1. The van der Waals surface area contributed by atoms with Gasteiger partial charge in [0.05, 0.1) is 28.5 Å². The molecule has 15 nitrogen and oxygen atoms in total. The number of hydrogen-bond acceptors (Lipinski definition) is 12. The number of aliphatic hydroxyl groups is 4. The van der Waals surface area contributed by atoms with Gasteiger partial charge in [0.15, 0.2) is 0 Å². The Morgan fingerprint density at radius 2 is 0.971 bits per heavy atom. The number of aliphatic hydroxyl groups excluding tert-OH is 4. The van der Waals surface area contributed by atoms with E-state index in [2.05, 4.69) is 9.44 Å². The molecule has 0 aromatic heterocycles. The predicted octanol–water partition coefficient (Wildman–Crippen LogP) is 6.60. The van der Waals surface area contributed by atoms with Crippen LogP contribution in [0, 0.1) is 0 Å². The summed E-state index contributed by atoms with van der Waals surface area (Å²) in [6.45, 7) is 2.61. The highest BCUT2D eigenvalue weighted by molar-refractivity contribution is 7.90. The largest absolute Gasteiger partial charge is 0.395 e. The molecule has 1 amide bonds. The molecule has 1 heterocycles. The lowest BCUT2D eigenvalue weighted by molar-refractivity contribution is -0.145. The second kappa shape index (κ2) is 28.4. The van der Waals surface area contributed by atoms with Crippen molar-refractivity contribution in [2.45, 2.75) is 143 Å². The Hall–Kier alpha value is -3.91. The Morgan fingerprint density at radius 3 is 1.44 bits per heavy atom. The normalized spacial score (nSPS) is 17.9. The second-order valence-corrected chi connectivity index (χ2v) is 22.9. The number of nitrogens with one attached hydrogen (secondary N) is 2. The van der Waals surface area contributed by atoms with Crippen molar-refractivity contribution in [3.8, 4) is 0 Å². The number of anilines is 2. The van der Waals surface area contributed by atoms with Crippen molar-refractivity contribution in [1.29, 1.82) is 0 Å². The van der Waals surface area contributed by atoms with Crippen molar-refractivity contribution in [1.82, 2.24) is 19.2 Å². The summed E-state index contributed by atoms with van der Waals surface area (Å²) in [5.74, 6) is 0.167. The summed E-state index contributed by atoms with van der Waals surface area (Å²) in [4.78, 5) is 22.0. The summed E-state index contributed by atoms with van der Waals surface area (Å²) in [6, 6.07) is 21.6. The summed E-state index contributed by atoms with van der Waals surface area (Å²) in [7, 11) is 0.384. The van der Waals surface area contributed by atoms with E-state index in [4.69, 9.17) is 0 Å². The maximum atomic E-state index is 13.6. The third kappa shape index (κ3) is 16.3. The van der Waals surface area contributed by atoms with Crippen LogP contribution in [0.3, 0.4) is 0 Å². The van der Waals surface area contributed by atoms with Crippen LogP contribution in [0.4, 0.5) is 11.4 Å². The minimum absolute atomic E-state index is 0.167. The molecular weight excluding hydrogens is 929 g/mol. The molecule has 6 N–H and O–H groups in total. The predicted molar refractivity (Wildman–Crippen MR) is 282 cm³/mol. The van der Waals surface area contributed by atoms with E-state index >= 15 is 0 Å². The molecule has 1 aliphatic heterocycles. The van der Waals surface area contributed by atoms with Gasteiger partial charge in [0.1, 0.15) is 12.2 Å². The molecule has 17 heteroatoms. The molecule has 4 atom stereocenters. The fraction of sp³-hybridized carbons (Fsp3) is 0.604. The van der Waals surface area contributed by atoms with Crippen LogP contribution in [0.15, 0.2) is 82.6 Å². The molecule has 0 unspecified atom stereocenters. The van der Waals surface area contributed by atoms with Crippen LogP contribution in [0.1, 0.15) is 109 Å². The summed E-state index contributed by atoms with van der Waals surface area (Å²) in [5, 5.41) is 43.3. The van der Waals surface area contributed by atoms with Gasteiger partial charge in [-0.3, -0.25) is 9.69 Å². The van der Waals surface area contributed by atoms with Gasteiger partial charge in [-0.05, 0) is 69.3 Å². The first-order valence-corrected chi connectivity index (χ1v) is 28.6. The molecule has 1 saturated heterocycles. The van der Waals surface area contributed by atoms with Crippen LogP contribution >= 0.6 is 0 Å². The monoisotopic (exact) mass is 1010 g/mol. The molecule has 0 spiro atoms. The van der Waals surface area contributed by atoms with Gasteiger partial charge in [-0.25, -0.2) is 26.3 Å². The minimum Gasteiger partial charge on any atom is -0.395 e. The van der Waals surface area contributed by atoms with E-state index in [-0.39, 0.29) is 28.8 Å². The molecule has 4 aromatic rings. The highest BCUT2D eigenvalue weighted by Gasteiger charge is 2.40. The molecule has 70 heavy (non-hydrogen) atoms. The number of sulfonamides is 2. The SMILES string of the molecule is CN(C)c1cccc2c(S(=O)(=O)NCCCCCCCN(CCCCCCCNS(=O)(=O)c3cccc4c(N(C)C)cccc34)C(=O)CCCCCCCCN3C[C@H](O)[C@@H](O)[C@@H](O)[C@H]3CO)cccc12. The molecule has 1 aliphatic rings. The molecule has 0 bridgehead atoms. The van der Waals surface area contributed by atoms with Gasteiger partial charge in [0.2, 0.25) is 26.0 Å². The number of unbranched alkanes of at least 4 members (excludes halogenated alkanes) is 13. The number of carbonyl (C=O) groups is 1. The highest BCUT2D eigenvalue weighted by atomic mass is 32.2. The first-order valence-electron chi connectivity index (χ1n) is 25.6. The fourth-order valence-corrected chi connectivity index (χ4v) is 12.3. The van der Waals surface area contributed by atoms with E-state index in [1.807, 2.05) is 96.3 Å². The van der Waals surface area contributed by atoms with Crippen molar-refractivity contribution >= 4 is 58.9 Å². The van der Waals surface area contributed by atoms with Crippen molar-refractivity contribution in [2.75, 3.05) is 83.9 Å². The Morgan fingerprint density at radius 1 is 0.557 bits per heavy atom. The number of nitrogens with zero attached hydrogens (tertiary/aromatic N) is 4. The van der Waals surface area contributed by atoms with E-state index in [1.165, 1.54) is 0 Å². The molecule has 0 aliphatic carbocycles. The molecule has 4 aromatic carbocycles. The minimum atomic E-state index is -3.69. The lowest BCUT2D eigenvalue weighted by Crippen LogP contribution is -2.62. The summed E-state index contributed by atoms with van der Waals surface area (Å²) in [5.41, 5.74) is 1.92. The summed E-state index contributed by atoms with van der Waals surface area (Å²) >= 11 is 0. The molecule has 1 fully saturated rings. The van der Waals surface area contributed by atoms with Crippen molar-refractivity contribution in [3.63, 3.8) is 0 Å². The average Bonchev–Trinajstić information content (AvgIpc) is 3.33. The zero-order valence-corrected chi connectivity index (χ0v) is 43.8. The molecular formula is C53H82N6O9S2. The Kier molecular flexibility index (Phi) is 23.1. The van der Waals surface area contributed by atoms with Crippen molar-refractivity contribution < 1.29 is 42.1 Å². The van der Waals surface area contributed by atoms with E-state index in [0.29, 0.717) is 49.9 Å². The average molecular weight is 1010 g/mol. The number of benzene rings is 4. The van der Waals surface area contributed by atoms with Crippen LogP contribution in [-0.4, -0.2) is 151 Å². The van der Waals surface area contributed by atoms with Crippen molar-refractivity contribution in [3.05, 3.63) is 72.8 Å². The summed E-state index contributed by atoms with van der Waals surface area (Å²) in [6.07, 6.45) is 11.2. The van der Waals surface area contributed by atoms with Gasteiger partial charge < -0.3 is 35.1 Å². The smallest absolute Gasteiger partial charge is 0.241 e. The number of likely N-dealkylation sites (tertiary alicyclic amines) is 1. The zero-order chi connectivity index (χ0) is 50.7. The maximum Gasteiger partial charge on any atom is 0.241 e. The Bertz CT molecular complexity index is 2320. The second-order valence-electron chi connectivity index (χ2n) is 19.4. The van der Waals surface area contributed by atoms with Gasteiger partial charge in [-0.15, -0.1) is 0 Å². The van der Waals surface area contributed by atoms with E-state index in [1.54, 1.807) is 24.3 Å². The van der Waals surface area contributed by atoms with E-state index in [9.17, 15) is 42.1 Å². The molecule has 0 radical (unpaired) electrons. The lowest BCUT2D eigenvalue weighted by Gasteiger charge is -2.43. The third-order valence-corrected chi connectivity index (χ3v) is 16.7. The summed E-state index contributed by atoms with van der Waals surface area (Å²) < 4.78 is 59.0. The topological polar surface area (TPSA) is 203 Å². The van der Waals surface area contributed by atoms with Gasteiger partial charge in [-0.1, -0.05) is 113 Å². The number of amides is 1. The molecule has 0 saturated carbocycles. The number of hydrogen-bond donors (Lipinski definition) is 6. The van der Waals surface area contributed by atoms with Gasteiger partial charge in [-0.2, -0.15) is 0 Å². The quantitative estimate of drug-likeness (QED) is 0.0287. The Labute approximate surface area is 418 Å². The molecule has 5 rings (SSSR count). The number of β-amino-alcohol motifs (C(OH)–C–C–N with tert-alkyl or cyclic N) is 1. The highest BCUT2D eigenvalue weighted by Crippen LogP contribution is 2.32. The van der Waals surface area contributed by atoms with E-state index < -0.39 is 44.4 Å². The van der Waals surface area contributed by atoms with E-state index in [0.717, 1.165) is 125 Å². The molecule has 390 valence electrons. The van der Waals surface area contributed by atoms with Gasteiger partial charge in [0.25, 0.3) is 0 Å².